The van der Waals surface area contributed by atoms with Crippen LogP contribution < -0.4 is 5.73 Å². The van der Waals surface area contributed by atoms with E-state index in [9.17, 15) is 0 Å². The number of hydrogen-bond acceptors (Lipinski definition) is 2. The monoisotopic (exact) mass is 254 g/mol. The minimum absolute atomic E-state index is 0.0656. The lowest BCUT2D eigenvalue weighted by atomic mass is 10.1. The fourth-order valence-electron chi connectivity index (χ4n) is 1.36. The molecule has 0 unspecified atom stereocenters. The van der Waals surface area contributed by atoms with E-state index in [2.05, 4.69) is 5.10 Å². The molecular weight excluding hydrogens is 247 g/mol. The topological polar surface area (TPSA) is 67.7 Å². The first-order chi connectivity index (χ1) is 7.58. The second-order valence-electron chi connectivity index (χ2n) is 3.18. The fourth-order valence-corrected chi connectivity index (χ4v) is 1.66. The molecule has 6 heteroatoms. The molecule has 0 fully saturated rings. The Kier molecular flexibility index (Phi) is 2.85. The molecular formula is C10H8Cl2N4. The molecule has 0 spiro atoms. The number of amidine groups is 1. The van der Waals surface area contributed by atoms with Crippen LogP contribution >= 0.6 is 23.2 Å². The number of nitrogen functional groups attached to an aromatic ring is 1. The number of nitrogens with two attached hydrogens (primary N) is 1. The quantitative estimate of drug-likeness (QED) is 0.639. The van der Waals surface area contributed by atoms with E-state index in [4.69, 9.17) is 34.3 Å². The molecule has 0 aliphatic carbocycles. The minimum Gasteiger partial charge on any atom is -0.384 e. The van der Waals surface area contributed by atoms with E-state index in [-0.39, 0.29) is 5.84 Å². The van der Waals surface area contributed by atoms with Crippen molar-refractivity contribution in [1.29, 1.82) is 5.41 Å². The fraction of sp³-hybridized carbons (Fsp3) is 0. The van der Waals surface area contributed by atoms with Gasteiger partial charge in [0.25, 0.3) is 0 Å². The molecule has 0 aliphatic heterocycles. The van der Waals surface area contributed by atoms with Gasteiger partial charge in [-0.25, -0.2) is 4.68 Å². The van der Waals surface area contributed by atoms with Gasteiger partial charge in [-0.1, -0.05) is 23.2 Å². The molecule has 82 valence electrons. The van der Waals surface area contributed by atoms with Crippen molar-refractivity contribution in [1.82, 2.24) is 9.78 Å². The molecule has 0 amide bonds. The van der Waals surface area contributed by atoms with Crippen LogP contribution in [0, 0.1) is 5.41 Å². The SMILES string of the molecule is N=C(N)c1cc(Cl)ccc1-n1cc(Cl)cn1. The highest BCUT2D eigenvalue weighted by atomic mass is 35.5. The third-order valence-corrected chi connectivity index (χ3v) is 2.48. The first-order valence-electron chi connectivity index (χ1n) is 4.42. The third kappa shape index (κ3) is 2.03. The van der Waals surface area contributed by atoms with Gasteiger partial charge in [-0.2, -0.15) is 5.10 Å². The Bertz CT molecular complexity index is 548. The molecule has 1 aromatic heterocycles. The molecule has 1 heterocycles. The molecule has 0 saturated carbocycles. The molecule has 1 aromatic carbocycles. The Morgan fingerprint density at radius 1 is 1.31 bits per heavy atom. The Morgan fingerprint density at radius 2 is 2.06 bits per heavy atom. The first kappa shape index (κ1) is 11.0. The molecule has 16 heavy (non-hydrogen) atoms. The molecule has 0 radical (unpaired) electrons. The summed E-state index contributed by atoms with van der Waals surface area (Å²) in [7, 11) is 0. The molecule has 0 bridgehead atoms. The van der Waals surface area contributed by atoms with Crippen LogP contribution in [-0.2, 0) is 0 Å². The summed E-state index contributed by atoms with van der Waals surface area (Å²) in [4.78, 5) is 0. The van der Waals surface area contributed by atoms with Crippen LogP contribution in [0.2, 0.25) is 10.0 Å². The van der Waals surface area contributed by atoms with Crippen molar-refractivity contribution in [3.8, 4) is 5.69 Å². The molecule has 0 saturated heterocycles. The van der Waals surface area contributed by atoms with Crippen molar-refractivity contribution < 1.29 is 0 Å². The van der Waals surface area contributed by atoms with Gasteiger partial charge in [0.05, 0.1) is 16.9 Å². The van der Waals surface area contributed by atoms with E-state index in [1.165, 1.54) is 6.20 Å². The summed E-state index contributed by atoms with van der Waals surface area (Å²) >= 11 is 11.6. The maximum absolute atomic E-state index is 7.47. The summed E-state index contributed by atoms with van der Waals surface area (Å²) in [5, 5.41) is 12.6. The van der Waals surface area contributed by atoms with Crippen LogP contribution in [0.5, 0.6) is 0 Å². The second kappa shape index (κ2) is 4.15. The van der Waals surface area contributed by atoms with Gasteiger partial charge in [0, 0.05) is 16.8 Å². The van der Waals surface area contributed by atoms with Gasteiger partial charge >= 0.3 is 0 Å². The molecule has 3 N–H and O–H groups in total. The number of aromatic nitrogens is 2. The van der Waals surface area contributed by atoms with Crippen LogP contribution in [0.4, 0.5) is 0 Å². The highest BCUT2D eigenvalue weighted by molar-refractivity contribution is 6.31. The van der Waals surface area contributed by atoms with Gasteiger partial charge < -0.3 is 5.73 Å². The van der Waals surface area contributed by atoms with E-state index < -0.39 is 0 Å². The standard InChI is InChI=1S/C10H8Cl2N4/c11-6-1-2-9(8(3-6)10(13)14)16-5-7(12)4-15-16/h1-5H,(H3,13,14). The van der Waals surface area contributed by atoms with E-state index in [1.807, 2.05) is 0 Å². The van der Waals surface area contributed by atoms with Crippen LogP contribution in [-0.4, -0.2) is 15.6 Å². The summed E-state index contributed by atoms with van der Waals surface area (Å²) in [6, 6.07) is 5.07. The summed E-state index contributed by atoms with van der Waals surface area (Å²) in [5.41, 5.74) is 6.67. The van der Waals surface area contributed by atoms with Gasteiger partial charge in [-0.15, -0.1) is 0 Å². The van der Waals surface area contributed by atoms with E-state index >= 15 is 0 Å². The average molecular weight is 255 g/mol. The van der Waals surface area contributed by atoms with Crippen LogP contribution in [0.15, 0.2) is 30.6 Å². The Labute approximate surface area is 102 Å². The average Bonchev–Trinajstić information content (AvgIpc) is 2.64. The second-order valence-corrected chi connectivity index (χ2v) is 4.05. The number of hydrogen-bond donors (Lipinski definition) is 2. The minimum atomic E-state index is -0.0656. The van der Waals surface area contributed by atoms with Crippen LogP contribution in [0.1, 0.15) is 5.56 Å². The highest BCUT2D eigenvalue weighted by Crippen LogP contribution is 2.20. The summed E-state index contributed by atoms with van der Waals surface area (Å²) in [6.07, 6.45) is 3.15. The Hall–Kier alpha value is -1.52. The normalized spacial score (nSPS) is 10.4. The largest absolute Gasteiger partial charge is 0.384 e. The van der Waals surface area contributed by atoms with Gasteiger partial charge in [-0.3, -0.25) is 5.41 Å². The third-order valence-electron chi connectivity index (χ3n) is 2.05. The lowest BCUT2D eigenvalue weighted by Gasteiger charge is -2.08. The van der Waals surface area contributed by atoms with Crippen molar-refractivity contribution in [3.05, 3.63) is 46.2 Å². The molecule has 2 aromatic rings. The number of nitrogens with one attached hydrogen (secondary N) is 1. The molecule has 2 rings (SSSR count). The van der Waals surface area contributed by atoms with Crippen molar-refractivity contribution in [3.63, 3.8) is 0 Å². The van der Waals surface area contributed by atoms with Gasteiger partial charge in [0.2, 0.25) is 0 Å². The maximum atomic E-state index is 7.47. The Balaban J connectivity index is 2.60. The van der Waals surface area contributed by atoms with Crippen molar-refractivity contribution in [2.75, 3.05) is 0 Å². The van der Waals surface area contributed by atoms with Crippen molar-refractivity contribution in [2.45, 2.75) is 0 Å². The first-order valence-corrected chi connectivity index (χ1v) is 5.18. The number of halogens is 2. The predicted molar refractivity (Wildman–Crippen MR) is 64.6 cm³/mol. The zero-order valence-electron chi connectivity index (χ0n) is 8.11. The lowest BCUT2D eigenvalue weighted by molar-refractivity contribution is 0.878. The zero-order valence-corrected chi connectivity index (χ0v) is 9.63. The van der Waals surface area contributed by atoms with Gasteiger partial charge in [0.15, 0.2) is 0 Å². The van der Waals surface area contributed by atoms with Crippen molar-refractivity contribution in [2.24, 2.45) is 5.73 Å². The number of benzene rings is 1. The molecule has 0 atom stereocenters. The molecule has 0 aliphatic rings. The summed E-state index contributed by atoms with van der Waals surface area (Å²) < 4.78 is 1.55. The Morgan fingerprint density at radius 3 is 2.62 bits per heavy atom. The van der Waals surface area contributed by atoms with Gasteiger partial charge in [0.1, 0.15) is 5.84 Å². The van der Waals surface area contributed by atoms with Crippen LogP contribution in [0.3, 0.4) is 0 Å². The zero-order chi connectivity index (χ0) is 11.7. The van der Waals surface area contributed by atoms with Gasteiger partial charge in [-0.05, 0) is 18.2 Å². The predicted octanol–water partition coefficient (Wildman–Crippen LogP) is 2.46. The summed E-state index contributed by atoms with van der Waals surface area (Å²) in [5.74, 6) is -0.0656. The van der Waals surface area contributed by atoms with Crippen molar-refractivity contribution >= 4 is 29.0 Å². The number of nitrogens with zero attached hydrogens (tertiary/aromatic N) is 2. The van der Waals surface area contributed by atoms with Crippen LogP contribution in [0.25, 0.3) is 5.69 Å². The number of rotatable bonds is 2. The van der Waals surface area contributed by atoms with E-state index in [1.54, 1.807) is 29.1 Å². The lowest BCUT2D eigenvalue weighted by Crippen LogP contribution is -2.14. The van der Waals surface area contributed by atoms with E-state index in [0.29, 0.717) is 21.3 Å². The maximum Gasteiger partial charge on any atom is 0.125 e. The smallest absolute Gasteiger partial charge is 0.125 e. The molecule has 4 nitrogen and oxygen atoms in total. The summed E-state index contributed by atoms with van der Waals surface area (Å²) in [6.45, 7) is 0. The van der Waals surface area contributed by atoms with E-state index in [0.717, 1.165) is 0 Å². The highest BCUT2D eigenvalue weighted by Gasteiger charge is 2.09.